The minimum Gasteiger partial charge on any atom is -0.400 e. The Hall–Kier alpha value is -0.315. The van der Waals surface area contributed by atoms with E-state index in [2.05, 4.69) is 33.8 Å². The van der Waals surface area contributed by atoms with Gasteiger partial charge >= 0.3 is 7.12 Å². The molecule has 1 saturated heterocycles. The molecule has 1 heterocycles. The summed E-state index contributed by atoms with van der Waals surface area (Å²) in [5.41, 5.74) is 0.735. The molecule has 3 nitrogen and oxygen atoms in total. The first-order valence-corrected chi connectivity index (χ1v) is 5.95. The summed E-state index contributed by atoms with van der Waals surface area (Å²) in [6.07, 6.45) is 4.42. The molecule has 4 heteroatoms. The average molecular weight is 224 g/mol. The number of rotatable bonds is 2. The topological polar surface area (TPSA) is 27.7 Å². The van der Waals surface area contributed by atoms with Crippen LogP contribution in [0.25, 0.3) is 0 Å². The summed E-state index contributed by atoms with van der Waals surface area (Å²) in [5.74, 6) is 0. The zero-order chi connectivity index (χ0) is 12.0. The fourth-order valence-corrected chi connectivity index (χ4v) is 2.09. The molecule has 1 atom stereocenters. The fourth-order valence-electron chi connectivity index (χ4n) is 2.09. The van der Waals surface area contributed by atoms with Crippen LogP contribution in [-0.4, -0.2) is 31.5 Å². The number of hydrogen-bond donors (Lipinski definition) is 0. The lowest BCUT2D eigenvalue weighted by Gasteiger charge is -2.32. The van der Waals surface area contributed by atoms with Crippen molar-refractivity contribution in [1.29, 1.82) is 0 Å². The molecule has 0 aromatic heterocycles. The van der Waals surface area contributed by atoms with Crippen LogP contribution >= 0.6 is 0 Å². The van der Waals surface area contributed by atoms with Gasteiger partial charge in [0, 0.05) is 7.11 Å². The van der Waals surface area contributed by atoms with E-state index in [1.165, 1.54) is 5.47 Å². The van der Waals surface area contributed by atoms with E-state index in [1.54, 1.807) is 7.11 Å². The van der Waals surface area contributed by atoms with Gasteiger partial charge in [-0.25, -0.2) is 0 Å². The molecule has 0 amide bonds. The molecule has 0 saturated carbocycles. The first-order valence-electron chi connectivity index (χ1n) is 5.95. The van der Waals surface area contributed by atoms with Crippen molar-refractivity contribution in [2.24, 2.45) is 0 Å². The summed E-state index contributed by atoms with van der Waals surface area (Å²) in [4.78, 5) is 0. The molecular formula is C12H21BO3. The van der Waals surface area contributed by atoms with Gasteiger partial charge in [0.25, 0.3) is 0 Å². The third-order valence-corrected chi connectivity index (χ3v) is 3.98. The van der Waals surface area contributed by atoms with Gasteiger partial charge < -0.3 is 14.0 Å². The molecule has 1 aliphatic carbocycles. The van der Waals surface area contributed by atoms with E-state index in [0.717, 1.165) is 12.8 Å². The van der Waals surface area contributed by atoms with E-state index < -0.39 is 0 Å². The molecule has 0 unspecified atom stereocenters. The van der Waals surface area contributed by atoms with Gasteiger partial charge in [-0.1, -0.05) is 6.08 Å². The van der Waals surface area contributed by atoms with Gasteiger partial charge in [0.05, 0.1) is 17.3 Å². The Kier molecular flexibility index (Phi) is 2.93. The van der Waals surface area contributed by atoms with Crippen LogP contribution in [0.2, 0.25) is 0 Å². The van der Waals surface area contributed by atoms with Crippen molar-refractivity contribution < 1.29 is 14.0 Å². The van der Waals surface area contributed by atoms with Crippen molar-refractivity contribution in [2.75, 3.05) is 7.11 Å². The van der Waals surface area contributed by atoms with Gasteiger partial charge in [-0.3, -0.25) is 0 Å². The second-order valence-electron chi connectivity index (χ2n) is 5.64. The quantitative estimate of drug-likeness (QED) is 0.674. The standard InChI is InChI=1S/C12H21BO3/c1-11(2)12(3,4)16-13(15-11)9-6-7-10(8-9)14-5/h8,10H,6-7H2,1-5H3/t10-/m0/s1. The molecule has 0 aromatic carbocycles. The maximum absolute atomic E-state index is 5.99. The summed E-state index contributed by atoms with van der Waals surface area (Å²) in [5, 5.41) is 0. The first-order chi connectivity index (χ1) is 7.36. The predicted molar refractivity (Wildman–Crippen MR) is 64.2 cm³/mol. The summed E-state index contributed by atoms with van der Waals surface area (Å²) in [7, 11) is 1.55. The van der Waals surface area contributed by atoms with Gasteiger partial charge in [0.1, 0.15) is 0 Å². The maximum atomic E-state index is 5.99. The Bertz CT molecular complexity index is 293. The predicted octanol–water partition coefficient (Wildman–Crippen LogP) is 2.35. The summed E-state index contributed by atoms with van der Waals surface area (Å²) in [6, 6.07) is 0. The molecule has 1 fully saturated rings. The number of hydrogen-bond acceptors (Lipinski definition) is 3. The van der Waals surface area contributed by atoms with E-state index in [4.69, 9.17) is 14.0 Å². The smallest absolute Gasteiger partial charge is 0.400 e. The van der Waals surface area contributed by atoms with E-state index in [9.17, 15) is 0 Å². The molecule has 1 aliphatic heterocycles. The van der Waals surface area contributed by atoms with Crippen LogP contribution in [0.4, 0.5) is 0 Å². The van der Waals surface area contributed by atoms with Crippen molar-refractivity contribution in [1.82, 2.24) is 0 Å². The van der Waals surface area contributed by atoms with Crippen LogP contribution in [0.15, 0.2) is 11.5 Å². The molecule has 0 N–H and O–H groups in total. The normalized spacial score (nSPS) is 31.9. The fraction of sp³-hybridized carbons (Fsp3) is 0.833. The van der Waals surface area contributed by atoms with E-state index in [0.29, 0.717) is 0 Å². The third kappa shape index (κ3) is 1.94. The summed E-state index contributed by atoms with van der Waals surface area (Å²) < 4.78 is 17.3. The van der Waals surface area contributed by atoms with Gasteiger partial charge in [-0.05, 0) is 46.0 Å². The second kappa shape index (κ2) is 3.86. The Balaban J connectivity index is 2.10. The van der Waals surface area contributed by atoms with Crippen molar-refractivity contribution in [3.05, 3.63) is 11.5 Å². The molecule has 2 rings (SSSR count). The molecule has 90 valence electrons. The highest BCUT2D eigenvalue weighted by atomic mass is 16.7. The monoisotopic (exact) mass is 224 g/mol. The lowest BCUT2D eigenvalue weighted by atomic mass is 9.78. The van der Waals surface area contributed by atoms with Crippen LogP contribution in [0, 0.1) is 0 Å². The van der Waals surface area contributed by atoms with Crippen LogP contribution in [-0.2, 0) is 14.0 Å². The summed E-state index contributed by atoms with van der Waals surface area (Å²) in [6.45, 7) is 8.32. The molecule has 2 aliphatic rings. The van der Waals surface area contributed by atoms with Crippen LogP contribution in [0.1, 0.15) is 40.5 Å². The summed E-state index contributed by atoms with van der Waals surface area (Å²) >= 11 is 0. The van der Waals surface area contributed by atoms with Crippen molar-refractivity contribution in [2.45, 2.75) is 57.8 Å². The Morgan fingerprint density at radius 1 is 1.25 bits per heavy atom. The molecular weight excluding hydrogens is 203 g/mol. The van der Waals surface area contributed by atoms with Gasteiger partial charge in [0.15, 0.2) is 0 Å². The maximum Gasteiger partial charge on any atom is 0.490 e. The average Bonchev–Trinajstić information content (AvgIpc) is 2.70. The third-order valence-electron chi connectivity index (χ3n) is 3.98. The molecule has 0 aromatic rings. The van der Waals surface area contributed by atoms with E-state index >= 15 is 0 Å². The highest BCUT2D eigenvalue weighted by Crippen LogP contribution is 2.40. The Labute approximate surface area is 98.3 Å². The lowest BCUT2D eigenvalue weighted by Crippen LogP contribution is -2.41. The molecule has 0 radical (unpaired) electrons. The zero-order valence-corrected chi connectivity index (χ0v) is 10.9. The van der Waals surface area contributed by atoms with Crippen molar-refractivity contribution >= 4 is 7.12 Å². The molecule has 0 spiro atoms. The molecule has 0 bridgehead atoms. The first kappa shape index (κ1) is 12.2. The van der Waals surface area contributed by atoms with Crippen LogP contribution < -0.4 is 0 Å². The number of allylic oxidation sites excluding steroid dienone is 1. The number of methoxy groups -OCH3 is 1. The minimum atomic E-state index is -0.246. The Morgan fingerprint density at radius 3 is 2.25 bits per heavy atom. The van der Waals surface area contributed by atoms with E-state index in [-0.39, 0.29) is 24.4 Å². The van der Waals surface area contributed by atoms with E-state index in [1.807, 2.05) is 0 Å². The van der Waals surface area contributed by atoms with Crippen molar-refractivity contribution in [3.63, 3.8) is 0 Å². The highest BCUT2D eigenvalue weighted by Gasteiger charge is 2.52. The van der Waals surface area contributed by atoms with Gasteiger partial charge in [-0.2, -0.15) is 0 Å². The van der Waals surface area contributed by atoms with Gasteiger partial charge in [0.2, 0.25) is 0 Å². The zero-order valence-electron chi connectivity index (χ0n) is 10.9. The SMILES string of the molecule is CO[C@@H]1C=C(B2OC(C)(C)C(C)(C)O2)CC1. The second-order valence-corrected chi connectivity index (χ2v) is 5.64. The minimum absolute atomic E-state index is 0.190. The van der Waals surface area contributed by atoms with Gasteiger partial charge in [-0.15, -0.1) is 0 Å². The van der Waals surface area contributed by atoms with Crippen LogP contribution in [0.3, 0.4) is 0 Å². The van der Waals surface area contributed by atoms with Crippen molar-refractivity contribution in [3.8, 4) is 0 Å². The molecule has 16 heavy (non-hydrogen) atoms. The Morgan fingerprint density at radius 2 is 1.81 bits per heavy atom. The highest BCUT2D eigenvalue weighted by molar-refractivity contribution is 6.54. The van der Waals surface area contributed by atoms with Crippen LogP contribution in [0.5, 0.6) is 0 Å². The largest absolute Gasteiger partial charge is 0.490 e. The number of ether oxygens (including phenoxy) is 1. The lowest BCUT2D eigenvalue weighted by molar-refractivity contribution is 0.00578.